The van der Waals surface area contributed by atoms with Gasteiger partial charge >= 0.3 is 18.9 Å². The molecule has 0 heterocycles. The Balaban J connectivity index is 0. The van der Waals surface area contributed by atoms with E-state index >= 15 is 0 Å². The van der Waals surface area contributed by atoms with Gasteiger partial charge in [-0.15, -0.1) is 12.4 Å². The van der Waals surface area contributed by atoms with Crippen molar-refractivity contribution in [1.29, 1.82) is 0 Å². The first kappa shape index (κ1) is 55.6. The van der Waals surface area contributed by atoms with E-state index < -0.39 is 0 Å². The second-order valence-corrected chi connectivity index (χ2v) is 0. The molecule has 0 saturated carbocycles. The first-order chi connectivity index (χ1) is 0. The molecule has 0 aliphatic heterocycles. The van der Waals surface area contributed by atoms with Crippen molar-refractivity contribution in [3.63, 3.8) is 0 Å². The molecule has 0 rings (SSSR count). The summed E-state index contributed by atoms with van der Waals surface area (Å²) in [6.07, 6.45) is 0. The van der Waals surface area contributed by atoms with Crippen LogP contribution in [0.15, 0.2) is 0 Å². The first-order valence-corrected chi connectivity index (χ1v) is 0. The van der Waals surface area contributed by atoms with Crippen LogP contribution in [0, 0.1) is 0 Å². The fraction of sp³-hybridized carbons (Fsp3) is 0. The van der Waals surface area contributed by atoms with Gasteiger partial charge in [0.1, 0.15) is 0 Å². The van der Waals surface area contributed by atoms with Crippen LogP contribution in [0.1, 0.15) is 0 Å². The summed E-state index contributed by atoms with van der Waals surface area (Å²) in [7, 11) is 0. The van der Waals surface area contributed by atoms with Gasteiger partial charge in [0.05, 0.1) is 0 Å². The van der Waals surface area contributed by atoms with Crippen LogP contribution in [-0.2, 0) is 0 Å². The van der Waals surface area contributed by atoms with Crippen molar-refractivity contribution in [2.24, 2.45) is 0 Å². The Morgan fingerprint density at radius 2 is 1.00 bits per heavy atom. The van der Waals surface area contributed by atoms with Crippen molar-refractivity contribution in [3.05, 3.63) is 0 Å². The van der Waals surface area contributed by atoms with E-state index in [-0.39, 0.29) is 53.3 Å². The fourth-order valence-corrected chi connectivity index (χ4v) is 0. The molecule has 0 saturated heterocycles. The van der Waals surface area contributed by atoms with Gasteiger partial charge in [0, 0.05) is 0 Å². The third-order valence-electron chi connectivity index (χ3n) is 0. The average Bonchev–Trinajstić information content (AvgIpc) is 0. The van der Waals surface area contributed by atoms with Crippen LogP contribution in [0.2, 0.25) is 0 Å². The van der Waals surface area contributed by atoms with Crippen LogP contribution in [0.25, 0.3) is 0 Å². The minimum atomic E-state index is 0. The molecule has 0 N–H and O–H groups in total. The molecule has 0 aliphatic rings. The maximum absolute atomic E-state index is 0. The van der Waals surface area contributed by atoms with Crippen molar-refractivity contribution >= 4 is 48.6 Å². The monoisotopic (exact) mass is 94.0 g/mol. The molecule has 0 aromatic heterocycles. The molecule has 4 heteroatoms. The summed E-state index contributed by atoms with van der Waals surface area (Å²) in [5.74, 6) is 0. The van der Waals surface area contributed by atoms with E-state index in [1.807, 2.05) is 0 Å². The van der Waals surface area contributed by atoms with Gasteiger partial charge in [-0.2, -0.15) is 0 Å². The standard InChI is InChI=1S/Al.ClH.FH.Li.4H/h;2*1H;;;;;. The van der Waals surface area contributed by atoms with Gasteiger partial charge in [-0.1, -0.05) is 0 Å². The molecule has 0 fully saturated rings. The van der Waals surface area contributed by atoms with E-state index in [2.05, 4.69) is 0 Å². The summed E-state index contributed by atoms with van der Waals surface area (Å²) in [6.45, 7) is 0. The third kappa shape index (κ3) is 10.2. The molecule has 0 radical (unpaired) electrons. The van der Waals surface area contributed by atoms with Crippen molar-refractivity contribution < 1.29 is 4.70 Å². The van der Waals surface area contributed by atoms with E-state index in [9.17, 15) is 0 Å². The molecular formula is H6AlClFLi. The number of hydrogen-bond acceptors (Lipinski definition) is 0. The van der Waals surface area contributed by atoms with Crippen LogP contribution < -0.4 is 0 Å². The zero-order valence-electron chi connectivity index (χ0n) is 0.816. The van der Waals surface area contributed by atoms with E-state index in [0.29, 0.717) is 0 Å². The molecule has 0 aromatic carbocycles. The van der Waals surface area contributed by atoms with Gasteiger partial charge < -0.3 is 0 Å². The van der Waals surface area contributed by atoms with Gasteiger partial charge in [-0.3, -0.25) is 4.70 Å². The van der Waals surface area contributed by atoms with Crippen molar-refractivity contribution in [2.75, 3.05) is 0 Å². The molecule has 0 bridgehead atoms. The van der Waals surface area contributed by atoms with Crippen LogP contribution in [0.3, 0.4) is 0 Å². The summed E-state index contributed by atoms with van der Waals surface area (Å²) in [5.41, 5.74) is 0. The quantitative estimate of drug-likeness (QED) is 0.329. The Kier molecular flexibility index (Phi) is 372. The Morgan fingerprint density at radius 1 is 1.00 bits per heavy atom. The Hall–Kier alpha value is 1.35. The average molecular weight is 94.4 g/mol. The van der Waals surface area contributed by atoms with Crippen LogP contribution in [0.5, 0.6) is 0 Å². The molecule has 0 nitrogen and oxygen atoms in total. The topological polar surface area (TPSA) is 0 Å². The second kappa shape index (κ2) is 26.8. The van der Waals surface area contributed by atoms with Crippen LogP contribution in [-0.4, -0.2) is 36.2 Å². The summed E-state index contributed by atoms with van der Waals surface area (Å²) in [6, 6.07) is 0. The first-order valence-electron chi connectivity index (χ1n) is 0. The minimum absolute atomic E-state index is 0. The van der Waals surface area contributed by atoms with Gasteiger partial charge in [-0.25, -0.2) is 0 Å². The van der Waals surface area contributed by atoms with Crippen molar-refractivity contribution in [2.45, 2.75) is 0 Å². The molecule has 0 spiro atoms. The van der Waals surface area contributed by atoms with E-state index in [1.54, 1.807) is 0 Å². The van der Waals surface area contributed by atoms with E-state index in [1.165, 1.54) is 0 Å². The number of rotatable bonds is 0. The maximum atomic E-state index is 0. The molecule has 24 valence electrons. The summed E-state index contributed by atoms with van der Waals surface area (Å²) < 4.78 is 0. The Labute approximate surface area is 53.4 Å². The molecule has 4 heavy (non-hydrogen) atoms. The molecule has 0 amide bonds. The molecule has 0 unspecified atom stereocenters. The molecule has 0 aliphatic carbocycles. The Morgan fingerprint density at radius 3 is 1.00 bits per heavy atom. The zero-order chi connectivity index (χ0) is 0. The van der Waals surface area contributed by atoms with Crippen LogP contribution >= 0.6 is 12.4 Å². The Bertz CT molecular complexity index is 8.00. The van der Waals surface area contributed by atoms with E-state index in [4.69, 9.17) is 0 Å². The fourth-order valence-electron chi connectivity index (χ4n) is 0. The summed E-state index contributed by atoms with van der Waals surface area (Å²) >= 11 is 0. The van der Waals surface area contributed by atoms with Crippen molar-refractivity contribution in [3.8, 4) is 0 Å². The third-order valence-corrected chi connectivity index (χ3v) is 0. The predicted octanol–water partition coefficient (Wildman–Crippen LogP) is -1.26. The van der Waals surface area contributed by atoms with Gasteiger partial charge in [0.2, 0.25) is 0 Å². The molecular weight excluding hydrogens is 88.4 g/mol. The predicted molar refractivity (Wildman–Crippen MR) is 26.8 cm³/mol. The summed E-state index contributed by atoms with van der Waals surface area (Å²) in [4.78, 5) is 0. The zero-order valence-corrected chi connectivity index (χ0v) is 1.63. The van der Waals surface area contributed by atoms with Gasteiger partial charge in [-0.05, 0) is 0 Å². The second-order valence-electron chi connectivity index (χ2n) is 0. The SMILES string of the molecule is Cl.F.[AlH3].[LiH]. The van der Waals surface area contributed by atoms with Gasteiger partial charge in [0.15, 0.2) is 17.4 Å². The van der Waals surface area contributed by atoms with Gasteiger partial charge in [0.25, 0.3) is 0 Å². The summed E-state index contributed by atoms with van der Waals surface area (Å²) in [5, 5.41) is 0. The normalized spacial score (nSPS) is 0. The van der Waals surface area contributed by atoms with Crippen LogP contribution in [0.4, 0.5) is 4.70 Å². The number of hydrogen-bond donors (Lipinski definition) is 0. The van der Waals surface area contributed by atoms with Crippen molar-refractivity contribution in [1.82, 2.24) is 0 Å². The molecule has 0 aromatic rings. The number of halogens is 2. The van der Waals surface area contributed by atoms with E-state index in [0.717, 1.165) is 0 Å². The molecule has 0 atom stereocenters.